The molecule has 0 spiro atoms. The van der Waals surface area contributed by atoms with Gasteiger partial charge in [0, 0.05) is 48.8 Å². The number of Topliss-reactive ketones (excluding diaryl/α,β-unsaturated/α-hetero) is 1. The van der Waals surface area contributed by atoms with Crippen LogP contribution in [-0.4, -0.2) is 25.3 Å². The lowest BCUT2D eigenvalue weighted by Gasteiger charge is -2.16. The second kappa shape index (κ2) is 5.99. The molecule has 0 atom stereocenters. The number of hydrogen-bond acceptors (Lipinski definition) is 3. The molecule has 0 amide bonds. The van der Waals surface area contributed by atoms with E-state index < -0.39 is 0 Å². The molecule has 5 heteroatoms. The first kappa shape index (κ1) is 15.5. The van der Waals surface area contributed by atoms with Crippen molar-refractivity contribution in [1.82, 2.24) is 19.6 Å². The van der Waals surface area contributed by atoms with E-state index in [4.69, 9.17) is 0 Å². The normalized spacial score (nSPS) is 19.0. The van der Waals surface area contributed by atoms with E-state index in [1.165, 1.54) is 0 Å². The standard InChI is InChI=1S/C18H22N4O/c1-12-16(10-21(3)19-12)8-14-6-5-7-15(18(14)23)9-17-11-22(4)20-13(17)2/h8-11H,5-7H2,1-4H3/b14-8-,15-9-. The van der Waals surface area contributed by atoms with Crippen LogP contribution in [0.15, 0.2) is 23.5 Å². The summed E-state index contributed by atoms with van der Waals surface area (Å²) in [5.74, 6) is 0.155. The zero-order valence-corrected chi connectivity index (χ0v) is 14.1. The number of aryl methyl sites for hydroxylation is 4. The highest BCUT2D eigenvalue weighted by atomic mass is 16.1. The van der Waals surface area contributed by atoms with E-state index in [1.807, 2.05) is 52.5 Å². The summed E-state index contributed by atoms with van der Waals surface area (Å²) in [4.78, 5) is 12.8. The Labute approximate surface area is 136 Å². The molecule has 2 heterocycles. The van der Waals surface area contributed by atoms with Crippen molar-refractivity contribution < 1.29 is 4.79 Å². The quantitative estimate of drug-likeness (QED) is 0.801. The maximum atomic E-state index is 12.8. The average Bonchev–Trinajstić information content (AvgIpc) is 2.96. The molecule has 0 bridgehead atoms. The van der Waals surface area contributed by atoms with Gasteiger partial charge in [-0.05, 0) is 45.3 Å². The van der Waals surface area contributed by atoms with Crippen LogP contribution in [0.5, 0.6) is 0 Å². The molecule has 2 aromatic heterocycles. The van der Waals surface area contributed by atoms with Gasteiger partial charge < -0.3 is 0 Å². The van der Waals surface area contributed by atoms with Crippen LogP contribution >= 0.6 is 0 Å². The van der Waals surface area contributed by atoms with Crippen LogP contribution < -0.4 is 0 Å². The minimum atomic E-state index is 0.155. The summed E-state index contributed by atoms with van der Waals surface area (Å²) in [6, 6.07) is 0. The Morgan fingerprint density at radius 1 is 0.913 bits per heavy atom. The summed E-state index contributed by atoms with van der Waals surface area (Å²) in [5, 5.41) is 8.68. The van der Waals surface area contributed by atoms with Crippen LogP contribution in [0.4, 0.5) is 0 Å². The fraction of sp³-hybridized carbons (Fsp3) is 0.389. The molecule has 5 nitrogen and oxygen atoms in total. The maximum absolute atomic E-state index is 12.8. The van der Waals surface area contributed by atoms with Gasteiger partial charge >= 0.3 is 0 Å². The highest BCUT2D eigenvalue weighted by molar-refractivity contribution is 6.14. The predicted octanol–water partition coefficient (Wildman–Crippen LogP) is 2.99. The number of aromatic nitrogens is 4. The van der Waals surface area contributed by atoms with Crippen molar-refractivity contribution >= 4 is 17.9 Å². The maximum Gasteiger partial charge on any atom is 0.185 e. The van der Waals surface area contributed by atoms with Crippen molar-refractivity contribution in [1.29, 1.82) is 0 Å². The molecule has 3 rings (SSSR count). The van der Waals surface area contributed by atoms with Crippen LogP contribution in [0.25, 0.3) is 12.2 Å². The number of carbonyl (C=O) groups is 1. The van der Waals surface area contributed by atoms with E-state index in [0.717, 1.165) is 52.9 Å². The van der Waals surface area contributed by atoms with Gasteiger partial charge in [0.2, 0.25) is 0 Å². The number of carbonyl (C=O) groups excluding carboxylic acids is 1. The third-order valence-electron chi connectivity index (χ3n) is 4.24. The summed E-state index contributed by atoms with van der Waals surface area (Å²) in [6.07, 6.45) is 10.6. The first-order valence-corrected chi connectivity index (χ1v) is 7.90. The Kier molecular flexibility index (Phi) is 4.03. The van der Waals surface area contributed by atoms with E-state index in [-0.39, 0.29) is 5.78 Å². The summed E-state index contributed by atoms with van der Waals surface area (Å²) in [6.45, 7) is 3.94. The molecule has 2 aromatic rings. The van der Waals surface area contributed by atoms with Crippen LogP contribution in [0.3, 0.4) is 0 Å². The lowest BCUT2D eigenvalue weighted by Crippen LogP contribution is -2.12. The number of ketones is 1. The highest BCUT2D eigenvalue weighted by Gasteiger charge is 2.21. The van der Waals surface area contributed by atoms with E-state index in [0.29, 0.717) is 0 Å². The zero-order valence-electron chi connectivity index (χ0n) is 14.1. The van der Waals surface area contributed by atoms with Crippen molar-refractivity contribution in [2.45, 2.75) is 33.1 Å². The number of hydrogen-bond donors (Lipinski definition) is 0. The summed E-state index contributed by atoms with van der Waals surface area (Å²) in [7, 11) is 3.79. The van der Waals surface area contributed by atoms with Gasteiger partial charge in [-0.2, -0.15) is 10.2 Å². The van der Waals surface area contributed by atoms with Crippen molar-refractivity contribution in [3.05, 3.63) is 46.1 Å². The van der Waals surface area contributed by atoms with E-state index in [9.17, 15) is 4.79 Å². The highest BCUT2D eigenvalue weighted by Crippen LogP contribution is 2.28. The van der Waals surface area contributed by atoms with Gasteiger partial charge in [0.15, 0.2) is 5.78 Å². The van der Waals surface area contributed by atoms with E-state index >= 15 is 0 Å². The van der Waals surface area contributed by atoms with Gasteiger partial charge in [-0.3, -0.25) is 14.2 Å². The van der Waals surface area contributed by atoms with E-state index in [1.54, 1.807) is 9.36 Å². The van der Waals surface area contributed by atoms with Crippen molar-refractivity contribution in [3.63, 3.8) is 0 Å². The molecule has 0 aliphatic heterocycles. The Morgan fingerprint density at radius 2 is 1.35 bits per heavy atom. The Hall–Kier alpha value is -2.43. The lowest BCUT2D eigenvalue weighted by atomic mass is 9.87. The first-order chi connectivity index (χ1) is 10.9. The molecule has 1 saturated carbocycles. The molecule has 1 aliphatic carbocycles. The minimum absolute atomic E-state index is 0.155. The molecular weight excluding hydrogens is 288 g/mol. The molecule has 0 aromatic carbocycles. The predicted molar refractivity (Wildman–Crippen MR) is 90.7 cm³/mol. The molecule has 23 heavy (non-hydrogen) atoms. The zero-order chi connectivity index (χ0) is 16.6. The molecule has 0 radical (unpaired) electrons. The van der Waals surface area contributed by atoms with Crippen molar-refractivity contribution in [2.75, 3.05) is 0 Å². The monoisotopic (exact) mass is 310 g/mol. The molecule has 120 valence electrons. The molecule has 1 fully saturated rings. The van der Waals surface area contributed by atoms with Gasteiger partial charge in [-0.15, -0.1) is 0 Å². The second-order valence-corrected chi connectivity index (χ2v) is 6.21. The topological polar surface area (TPSA) is 52.7 Å². The summed E-state index contributed by atoms with van der Waals surface area (Å²) in [5.41, 5.74) is 5.70. The van der Waals surface area contributed by atoms with Crippen LogP contribution in [-0.2, 0) is 18.9 Å². The van der Waals surface area contributed by atoms with Gasteiger partial charge in [-0.1, -0.05) is 0 Å². The van der Waals surface area contributed by atoms with Crippen LogP contribution in [0.1, 0.15) is 41.8 Å². The third kappa shape index (κ3) is 3.18. The Morgan fingerprint density at radius 3 is 1.70 bits per heavy atom. The Bertz CT molecular complexity index is 754. The largest absolute Gasteiger partial charge is 0.289 e. The lowest BCUT2D eigenvalue weighted by molar-refractivity contribution is -0.112. The fourth-order valence-corrected chi connectivity index (χ4v) is 3.07. The van der Waals surface area contributed by atoms with Gasteiger partial charge in [0.05, 0.1) is 11.4 Å². The molecule has 0 saturated heterocycles. The van der Waals surface area contributed by atoms with Gasteiger partial charge in [0.25, 0.3) is 0 Å². The van der Waals surface area contributed by atoms with E-state index in [2.05, 4.69) is 10.2 Å². The smallest absolute Gasteiger partial charge is 0.185 e. The second-order valence-electron chi connectivity index (χ2n) is 6.21. The van der Waals surface area contributed by atoms with Crippen molar-refractivity contribution in [3.8, 4) is 0 Å². The number of rotatable bonds is 2. The molecule has 0 unspecified atom stereocenters. The minimum Gasteiger partial charge on any atom is -0.289 e. The molecule has 0 N–H and O–H groups in total. The molecule has 1 aliphatic rings. The molecular formula is C18H22N4O. The van der Waals surface area contributed by atoms with Crippen molar-refractivity contribution in [2.24, 2.45) is 14.1 Å². The van der Waals surface area contributed by atoms with Gasteiger partial charge in [-0.25, -0.2) is 0 Å². The summed E-state index contributed by atoms with van der Waals surface area (Å²) < 4.78 is 3.57. The Balaban J connectivity index is 1.92. The average molecular weight is 310 g/mol. The fourth-order valence-electron chi connectivity index (χ4n) is 3.07. The number of nitrogens with zero attached hydrogens (tertiary/aromatic N) is 4. The third-order valence-corrected chi connectivity index (χ3v) is 4.24. The van der Waals surface area contributed by atoms with Crippen LogP contribution in [0.2, 0.25) is 0 Å². The number of allylic oxidation sites excluding steroid dienone is 2. The first-order valence-electron chi connectivity index (χ1n) is 7.90. The van der Waals surface area contributed by atoms with Gasteiger partial charge in [0.1, 0.15) is 0 Å². The SMILES string of the molecule is Cc1nn(C)cc1/C=C1/CCC/C(=C/c2cn(C)nc2C)C1=O. The van der Waals surface area contributed by atoms with Crippen LogP contribution in [0, 0.1) is 13.8 Å². The summed E-state index contributed by atoms with van der Waals surface area (Å²) >= 11 is 0.